The molecule has 0 spiro atoms. The predicted molar refractivity (Wildman–Crippen MR) is 87.4 cm³/mol. The fourth-order valence-corrected chi connectivity index (χ4v) is 3.12. The van der Waals surface area contributed by atoms with Gasteiger partial charge in [-0.3, -0.25) is 4.79 Å². The van der Waals surface area contributed by atoms with E-state index in [2.05, 4.69) is 0 Å². The molecule has 0 saturated carbocycles. The summed E-state index contributed by atoms with van der Waals surface area (Å²) >= 11 is 0. The summed E-state index contributed by atoms with van der Waals surface area (Å²) in [7, 11) is 0. The number of aryl methyl sites for hydroxylation is 1. The van der Waals surface area contributed by atoms with E-state index in [1.54, 1.807) is 33.8 Å². The first-order valence-electron chi connectivity index (χ1n) is 8.05. The van der Waals surface area contributed by atoms with Crippen molar-refractivity contribution in [2.24, 2.45) is 5.92 Å². The number of nitrogens with zero attached hydrogens (tertiary/aromatic N) is 1. The third-order valence-corrected chi connectivity index (χ3v) is 4.21. The van der Waals surface area contributed by atoms with Gasteiger partial charge in [-0.05, 0) is 57.4 Å². The van der Waals surface area contributed by atoms with Crippen LogP contribution >= 0.6 is 0 Å². The summed E-state index contributed by atoms with van der Waals surface area (Å²) < 4.78 is 18.6. The number of benzene rings is 1. The molecule has 1 aliphatic rings. The summed E-state index contributed by atoms with van der Waals surface area (Å²) in [5.41, 5.74) is 0.935. The number of ether oxygens (including phenoxy) is 1. The van der Waals surface area contributed by atoms with Crippen molar-refractivity contribution >= 4 is 12.1 Å². The standard InChI is InChI=1S/C18H24FNO4/c1-11-9-12(19)5-6-13(11)14-7-8-20(10-15(14)16(21)22)17(23)24-18(2,3)4/h5-6,9,14-15H,7-8,10H2,1-4H3,(H,21,22)/t14-,15-/m0/s1. The average molecular weight is 337 g/mol. The Morgan fingerprint density at radius 3 is 2.54 bits per heavy atom. The summed E-state index contributed by atoms with van der Waals surface area (Å²) in [5, 5.41) is 9.59. The molecule has 132 valence electrons. The van der Waals surface area contributed by atoms with Gasteiger partial charge in [-0.2, -0.15) is 0 Å². The molecular weight excluding hydrogens is 313 g/mol. The largest absolute Gasteiger partial charge is 0.481 e. The van der Waals surface area contributed by atoms with Crippen molar-refractivity contribution in [2.75, 3.05) is 13.1 Å². The highest BCUT2D eigenvalue weighted by atomic mass is 19.1. The fraction of sp³-hybridized carbons (Fsp3) is 0.556. The van der Waals surface area contributed by atoms with Gasteiger partial charge in [0.2, 0.25) is 0 Å². The molecule has 1 heterocycles. The first-order valence-corrected chi connectivity index (χ1v) is 8.05. The van der Waals surface area contributed by atoms with E-state index >= 15 is 0 Å². The predicted octanol–water partition coefficient (Wildman–Crippen LogP) is 3.56. The molecule has 0 aromatic heterocycles. The number of rotatable bonds is 2. The van der Waals surface area contributed by atoms with E-state index in [1.165, 1.54) is 17.0 Å². The Morgan fingerprint density at radius 1 is 1.33 bits per heavy atom. The number of piperidine rings is 1. The molecule has 1 amide bonds. The lowest BCUT2D eigenvalue weighted by atomic mass is 9.79. The summed E-state index contributed by atoms with van der Waals surface area (Å²) in [5.74, 6) is -2.29. The minimum atomic E-state index is -0.961. The molecule has 0 bridgehead atoms. The minimum absolute atomic E-state index is 0.0890. The summed E-state index contributed by atoms with van der Waals surface area (Å²) in [6, 6.07) is 4.41. The fourth-order valence-electron chi connectivity index (χ4n) is 3.12. The Bertz CT molecular complexity index is 638. The Morgan fingerprint density at radius 2 is 2.00 bits per heavy atom. The van der Waals surface area contributed by atoms with Crippen LogP contribution in [0.5, 0.6) is 0 Å². The number of likely N-dealkylation sites (tertiary alicyclic amines) is 1. The molecule has 0 aliphatic carbocycles. The van der Waals surface area contributed by atoms with Crippen molar-refractivity contribution < 1.29 is 23.8 Å². The first-order chi connectivity index (χ1) is 11.1. The Labute approximate surface area is 141 Å². The van der Waals surface area contributed by atoms with Gasteiger partial charge in [-0.25, -0.2) is 9.18 Å². The molecule has 0 unspecified atom stereocenters. The van der Waals surface area contributed by atoms with Gasteiger partial charge in [0.25, 0.3) is 0 Å². The highest BCUT2D eigenvalue weighted by Crippen LogP contribution is 2.35. The Balaban J connectivity index is 2.20. The number of carbonyl (C=O) groups excluding carboxylic acids is 1. The van der Waals surface area contributed by atoms with Gasteiger partial charge >= 0.3 is 12.1 Å². The monoisotopic (exact) mass is 337 g/mol. The zero-order chi connectivity index (χ0) is 18.1. The third-order valence-electron chi connectivity index (χ3n) is 4.21. The maximum Gasteiger partial charge on any atom is 0.410 e. The molecule has 1 aromatic carbocycles. The van der Waals surface area contributed by atoms with E-state index in [9.17, 15) is 19.1 Å². The molecule has 1 fully saturated rings. The minimum Gasteiger partial charge on any atom is -0.481 e. The van der Waals surface area contributed by atoms with Crippen LogP contribution in [-0.4, -0.2) is 40.8 Å². The van der Waals surface area contributed by atoms with Gasteiger partial charge in [0.1, 0.15) is 11.4 Å². The van der Waals surface area contributed by atoms with Crippen LogP contribution < -0.4 is 0 Å². The second kappa shape index (κ2) is 6.79. The Hall–Kier alpha value is -2.11. The molecule has 1 N–H and O–H groups in total. The van der Waals surface area contributed by atoms with Crippen LogP contribution in [-0.2, 0) is 9.53 Å². The van der Waals surface area contributed by atoms with Crippen molar-refractivity contribution in [1.29, 1.82) is 0 Å². The first kappa shape index (κ1) is 18.2. The van der Waals surface area contributed by atoms with E-state index in [-0.39, 0.29) is 18.3 Å². The normalized spacial score (nSPS) is 21.5. The van der Waals surface area contributed by atoms with E-state index in [1.807, 2.05) is 0 Å². The van der Waals surface area contributed by atoms with E-state index in [0.717, 1.165) is 11.1 Å². The zero-order valence-electron chi connectivity index (χ0n) is 14.5. The summed E-state index contributed by atoms with van der Waals surface area (Å²) in [6.07, 6.45) is 0.00546. The van der Waals surface area contributed by atoms with Crippen molar-refractivity contribution in [3.05, 3.63) is 35.1 Å². The van der Waals surface area contributed by atoms with Gasteiger partial charge in [0, 0.05) is 19.0 Å². The summed E-state index contributed by atoms with van der Waals surface area (Å²) in [4.78, 5) is 25.4. The number of halogens is 1. The molecule has 1 aliphatic heterocycles. The number of hydrogen-bond acceptors (Lipinski definition) is 3. The number of amides is 1. The summed E-state index contributed by atoms with van der Waals surface area (Å²) in [6.45, 7) is 7.60. The topological polar surface area (TPSA) is 66.8 Å². The SMILES string of the molecule is Cc1cc(F)ccc1[C@@H]1CCN(C(=O)OC(C)(C)C)C[C@@H]1C(=O)O. The zero-order valence-corrected chi connectivity index (χ0v) is 14.5. The van der Waals surface area contributed by atoms with Crippen LogP contribution in [0.2, 0.25) is 0 Å². The Kier molecular flexibility index (Phi) is 5.16. The molecule has 5 nitrogen and oxygen atoms in total. The van der Waals surface area contributed by atoms with Crippen molar-refractivity contribution in [1.82, 2.24) is 4.90 Å². The number of carboxylic acids is 1. The number of carbonyl (C=O) groups is 2. The average Bonchev–Trinajstić information content (AvgIpc) is 2.45. The second-order valence-electron chi connectivity index (χ2n) is 7.27. The smallest absolute Gasteiger partial charge is 0.410 e. The van der Waals surface area contributed by atoms with Crippen LogP contribution in [0, 0.1) is 18.7 Å². The van der Waals surface area contributed by atoms with E-state index < -0.39 is 23.6 Å². The maximum absolute atomic E-state index is 13.3. The van der Waals surface area contributed by atoms with Crippen LogP contribution in [0.3, 0.4) is 0 Å². The van der Waals surface area contributed by atoms with E-state index in [4.69, 9.17) is 4.74 Å². The number of hydrogen-bond donors (Lipinski definition) is 1. The van der Waals surface area contributed by atoms with Crippen molar-refractivity contribution in [3.63, 3.8) is 0 Å². The number of carboxylic acid groups (broad SMARTS) is 1. The highest BCUT2D eigenvalue weighted by Gasteiger charge is 2.38. The molecule has 1 saturated heterocycles. The lowest BCUT2D eigenvalue weighted by molar-refractivity contribution is -0.144. The maximum atomic E-state index is 13.3. The van der Waals surface area contributed by atoms with Crippen LogP contribution in [0.1, 0.15) is 44.2 Å². The lowest BCUT2D eigenvalue weighted by Gasteiger charge is -2.37. The molecule has 0 radical (unpaired) electrons. The van der Waals surface area contributed by atoms with Crippen LogP contribution in [0.4, 0.5) is 9.18 Å². The molecule has 2 rings (SSSR count). The van der Waals surface area contributed by atoms with Gasteiger partial charge in [-0.15, -0.1) is 0 Å². The van der Waals surface area contributed by atoms with Gasteiger partial charge in [0.15, 0.2) is 0 Å². The number of aliphatic carboxylic acids is 1. The molecule has 24 heavy (non-hydrogen) atoms. The van der Waals surface area contributed by atoms with Crippen molar-refractivity contribution in [2.45, 2.75) is 45.6 Å². The third kappa shape index (κ3) is 4.24. The van der Waals surface area contributed by atoms with Crippen molar-refractivity contribution in [3.8, 4) is 0 Å². The molecule has 2 atom stereocenters. The van der Waals surface area contributed by atoms with Crippen LogP contribution in [0.25, 0.3) is 0 Å². The van der Waals surface area contributed by atoms with Gasteiger partial charge in [-0.1, -0.05) is 6.07 Å². The second-order valence-corrected chi connectivity index (χ2v) is 7.27. The van der Waals surface area contributed by atoms with Gasteiger partial charge < -0.3 is 14.7 Å². The highest BCUT2D eigenvalue weighted by molar-refractivity contribution is 5.74. The lowest BCUT2D eigenvalue weighted by Crippen LogP contribution is -2.47. The molecule has 1 aromatic rings. The van der Waals surface area contributed by atoms with Gasteiger partial charge in [0.05, 0.1) is 5.92 Å². The molecular formula is C18H24FNO4. The quantitative estimate of drug-likeness (QED) is 0.896. The van der Waals surface area contributed by atoms with E-state index in [0.29, 0.717) is 13.0 Å². The van der Waals surface area contributed by atoms with Crippen LogP contribution in [0.15, 0.2) is 18.2 Å². The molecule has 6 heteroatoms.